The first-order chi connectivity index (χ1) is 8.56. The molecule has 0 saturated heterocycles. The van der Waals surface area contributed by atoms with E-state index in [2.05, 4.69) is 6.07 Å². The van der Waals surface area contributed by atoms with Crippen molar-refractivity contribution in [2.75, 3.05) is 0 Å². The summed E-state index contributed by atoms with van der Waals surface area (Å²) in [5.74, 6) is 1.66. The maximum atomic E-state index is 11.2. The van der Waals surface area contributed by atoms with Crippen molar-refractivity contribution in [1.29, 1.82) is 0 Å². The summed E-state index contributed by atoms with van der Waals surface area (Å²) < 4.78 is 5.81. The first-order valence-corrected chi connectivity index (χ1v) is 5.92. The highest BCUT2D eigenvalue weighted by Gasteiger charge is 2.03. The van der Waals surface area contributed by atoms with Crippen molar-refractivity contribution in [3.63, 3.8) is 0 Å². The Labute approximate surface area is 107 Å². The Bertz CT molecular complexity index is 568. The van der Waals surface area contributed by atoms with Crippen molar-refractivity contribution >= 4 is 5.78 Å². The molecule has 2 aromatic carbocycles. The van der Waals surface area contributed by atoms with Crippen molar-refractivity contribution in [1.82, 2.24) is 0 Å². The van der Waals surface area contributed by atoms with E-state index in [1.807, 2.05) is 38.1 Å². The lowest BCUT2D eigenvalue weighted by Gasteiger charge is -2.09. The molecule has 0 amide bonds. The summed E-state index contributed by atoms with van der Waals surface area (Å²) in [6.45, 7) is 5.60. The molecule has 18 heavy (non-hydrogen) atoms. The van der Waals surface area contributed by atoms with Crippen LogP contribution >= 0.6 is 0 Å². The lowest BCUT2D eigenvalue weighted by Crippen LogP contribution is -1.92. The van der Waals surface area contributed by atoms with Gasteiger partial charge in [0.25, 0.3) is 0 Å². The quantitative estimate of drug-likeness (QED) is 0.748. The van der Waals surface area contributed by atoms with Crippen molar-refractivity contribution in [2.24, 2.45) is 0 Å². The van der Waals surface area contributed by atoms with Crippen LogP contribution in [0.2, 0.25) is 0 Å². The van der Waals surface area contributed by atoms with E-state index in [1.54, 1.807) is 19.1 Å². The highest BCUT2D eigenvalue weighted by atomic mass is 16.5. The Morgan fingerprint density at radius 3 is 2.28 bits per heavy atom. The van der Waals surface area contributed by atoms with Gasteiger partial charge in [0.05, 0.1) is 0 Å². The molecule has 0 aliphatic heterocycles. The molecule has 0 unspecified atom stereocenters. The molecule has 0 bridgehead atoms. The van der Waals surface area contributed by atoms with Gasteiger partial charge in [-0.1, -0.05) is 12.1 Å². The zero-order valence-corrected chi connectivity index (χ0v) is 10.9. The molecule has 0 heterocycles. The Morgan fingerprint density at radius 2 is 1.67 bits per heavy atom. The van der Waals surface area contributed by atoms with Crippen molar-refractivity contribution in [3.8, 4) is 11.5 Å². The second kappa shape index (κ2) is 5.05. The van der Waals surface area contributed by atoms with E-state index in [0.29, 0.717) is 5.56 Å². The van der Waals surface area contributed by atoms with Gasteiger partial charge in [-0.15, -0.1) is 0 Å². The number of Topliss-reactive ketones (excluding diaryl/α,β-unsaturated/α-hetero) is 1. The van der Waals surface area contributed by atoms with E-state index in [1.165, 1.54) is 0 Å². The van der Waals surface area contributed by atoms with Gasteiger partial charge >= 0.3 is 0 Å². The smallest absolute Gasteiger partial charge is 0.159 e. The Morgan fingerprint density at radius 1 is 1.00 bits per heavy atom. The summed E-state index contributed by atoms with van der Waals surface area (Å²) in [4.78, 5) is 11.2. The minimum Gasteiger partial charge on any atom is -0.457 e. The Balaban J connectivity index is 2.23. The minimum atomic E-state index is 0.0632. The number of hydrogen-bond acceptors (Lipinski definition) is 2. The van der Waals surface area contributed by atoms with Crippen LogP contribution in [0.3, 0.4) is 0 Å². The fourth-order valence-electron chi connectivity index (χ4n) is 1.70. The second-order valence-electron chi connectivity index (χ2n) is 4.45. The number of ether oxygens (including phenoxy) is 1. The zero-order chi connectivity index (χ0) is 13.1. The SMILES string of the molecule is CC(=O)c1ccc(Oc2cc(C)ccc2C)cc1. The minimum absolute atomic E-state index is 0.0632. The highest BCUT2D eigenvalue weighted by molar-refractivity contribution is 5.94. The third-order valence-electron chi connectivity index (χ3n) is 2.83. The topological polar surface area (TPSA) is 26.3 Å². The van der Waals surface area contributed by atoms with Crippen molar-refractivity contribution in [3.05, 3.63) is 59.2 Å². The maximum Gasteiger partial charge on any atom is 0.159 e. The first kappa shape index (κ1) is 12.4. The lowest BCUT2D eigenvalue weighted by molar-refractivity contribution is 0.101. The molecule has 0 spiro atoms. The van der Waals surface area contributed by atoms with Crippen LogP contribution in [-0.2, 0) is 0 Å². The molecule has 0 saturated carbocycles. The zero-order valence-electron chi connectivity index (χ0n) is 10.9. The van der Waals surface area contributed by atoms with Crippen LogP contribution in [0, 0.1) is 13.8 Å². The van der Waals surface area contributed by atoms with Crippen LogP contribution in [0.25, 0.3) is 0 Å². The Kier molecular flexibility index (Phi) is 3.47. The summed E-state index contributed by atoms with van der Waals surface area (Å²) in [6.07, 6.45) is 0. The fraction of sp³-hybridized carbons (Fsp3) is 0.188. The maximum absolute atomic E-state index is 11.2. The van der Waals surface area contributed by atoms with Gasteiger partial charge in [-0.05, 0) is 62.2 Å². The molecule has 2 heteroatoms. The highest BCUT2D eigenvalue weighted by Crippen LogP contribution is 2.26. The summed E-state index contributed by atoms with van der Waals surface area (Å²) in [6, 6.07) is 13.3. The van der Waals surface area contributed by atoms with Gasteiger partial charge in [0.2, 0.25) is 0 Å². The molecule has 0 N–H and O–H groups in total. The number of carbonyl (C=O) groups is 1. The Hall–Kier alpha value is -2.09. The van der Waals surface area contributed by atoms with E-state index < -0.39 is 0 Å². The molecular weight excluding hydrogens is 224 g/mol. The van der Waals surface area contributed by atoms with Crippen LogP contribution in [0.5, 0.6) is 11.5 Å². The molecule has 0 fully saturated rings. The molecule has 0 atom stereocenters. The van der Waals surface area contributed by atoms with Crippen molar-refractivity contribution in [2.45, 2.75) is 20.8 Å². The molecule has 0 radical (unpaired) electrons. The number of rotatable bonds is 3. The van der Waals surface area contributed by atoms with Gasteiger partial charge in [-0.3, -0.25) is 4.79 Å². The average molecular weight is 240 g/mol. The monoisotopic (exact) mass is 240 g/mol. The summed E-state index contributed by atoms with van der Waals surface area (Å²) in [5.41, 5.74) is 2.95. The van der Waals surface area contributed by atoms with Crippen LogP contribution in [0.1, 0.15) is 28.4 Å². The standard InChI is InChI=1S/C16H16O2/c1-11-4-5-12(2)16(10-11)18-15-8-6-14(7-9-15)13(3)17/h4-10H,1-3H3. The number of ketones is 1. The van der Waals surface area contributed by atoms with Gasteiger partial charge in [0, 0.05) is 5.56 Å². The molecule has 0 aromatic heterocycles. The van der Waals surface area contributed by atoms with Gasteiger partial charge < -0.3 is 4.74 Å². The van der Waals surface area contributed by atoms with Gasteiger partial charge in [-0.25, -0.2) is 0 Å². The second-order valence-corrected chi connectivity index (χ2v) is 4.45. The fourth-order valence-corrected chi connectivity index (χ4v) is 1.70. The van der Waals surface area contributed by atoms with Gasteiger partial charge in [0.1, 0.15) is 11.5 Å². The van der Waals surface area contributed by atoms with E-state index >= 15 is 0 Å². The number of benzene rings is 2. The predicted molar refractivity (Wildman–Crippen MR) is 72.4 cm³/mol. The van der Waals surface area contributed by atoms with Crippen molar-refractivity contribution < 1.29 is 9.53 Å². The van der Waals surface area contributed by atoms with E-state index in [9.17, 15) is 4.79 Å². The number of carbonyl (C=O) groups excluding carboxylic acids is 1. The van der Waals surface area contributed by atoms with Crippen LogP contribution < -0.4 is 4.74 Å². The van der Waals surface area contributed by atoms with Gasteiger partial charge in [-0.2, -0.15) is 0 Å². The van der Waals surface area contributed by atoms with Crippen LogP contribution in [-0.4, -0.2) is 5.78 Å². The largest absolute Gasteiger partial charge is 0.457 e. The summed E-state index contributed by atoms with van der Waals surface area (Å²) in [5, 5.41) is 0. The molecule has 0 aliphatic carbocycles. The predicted octanol–water partition coefficient (Wildman–Crippen LogP) is 4.30. The van der Waals surface area contributed by atoms with E-state index in [-0.39, 0.29) is 5.78 Å². The number of hydrogen-bond donors (Lipinski definition) is 0. The lowest BCUT2D eigenvalue weighted by atomic mass is 10.1. The average Bonchev–Trinajstić information content (AvgIpc) is 2.34. The molecular formula is C16H16O2. The van der Waals surface area contributed by atoms with Crippen LogP contribution in [0.4, 0.5) is 0 Å². The normalized spacial score (nSPS) is 10.2. The summed E-state index contributed by atoms with van der Waals surface area (Å²) >= 11 is 0. The van der Waals surface area contributed by atoms with E-state index in [0.717, 1.165) is 22.6 Å². The molecule has 2 rings (SSSR count). The van der Waals surface area contributed by atoms with Gasteiger partial charge in [0.15, 0.2) is 5.78 Å². The third kappa shape index (κ3) is 2.77. The van der Waals surface area contributed by atoms with Crippen LogP contribution in [0.15, 0.2) is 42.5 Å². The molecule has 92 valence electrons. The first-order valence-electron chi connectivity index (χ1n) is 5.92. The summed E-state index contributed by atoms with van der Waals surface area (Å²) in [7, 11) is 0. The third-order valence-corrected chi connectivity index (χ3v) is 2.83. The number of aryl methyl sites for hydroxylation is 2. The van der Waals surface area contributed by atoms with E-state index in [4.69, 9.17) is 4.74 Å². The molecule has 2 nitrogen and oxygen atoms in total. The molecule has 0 aliphatic rings. The molecule has 2 aromatic rings.